The summed E-state index contributed by atoms with van der Waals surface area (Å²) < 4.78 is 33.8. The van der Waals surface area contributed by atoms with E-state index in [0.717, 1.165) is 4.31 Å². The molecule has 218 valence electrons. The molecule has 11 nitrogen and oxygen atoms in total. The molecule has 0 saturated heterocycles. The summed E-state index contributed by atoms with van der Waals surface area (Å²) in [5.41, 5.74) is 0.528. The van der Waals surface area contributed by atoms with Crippen molar-refractivity contribution >= 4 is 33.2 Å². The monoisotopic (exact) mass is 582 g/mol. The van der Waals surface area contributed by atoms with Crippen LogP contribution < -0.4 is 14.4 Å². The van der Waals surface area contributed by atoms with Crippen molar-refractivity contribution in [3.8, 4) is 5.75 Å². The van der Waals surface area contributed by atoms with Crippen LogP contribution in [0.5, 0.6) is 5.75 Å². The first kappa shape index (κ1) is 31.1. The summed E-state index contributed by atoms with van der Waals surface area (Å²) in [6.45, 7) is 3.49. The third-order valence-electron chi connectivity index (χ3n) is 6.38. The number of methoxy groups -OCH3 is 1. The third kappa shape index (κ3) is 7.82. The molecule has 0 aliphatic rings. The van der Waals surface area contributed by atoms with Crippen molar-refractivity contribution in [3.05, 3.63) is 94.5 Å². The van der Waals surface area contributed by atoms with Gasteiger partial charge in [0.15, 0.2) is 0 Å². The van der Waals surface area contributed by atoms with Crippen molar-refractivity contribution in [1.82, 2.24) is 10.2 Å². The summed E-state index contributed by atoms with van der Waals surface area (Å²) in [4.78, 5) is 39.1. The SMILES string of the molecule is CCCNC(=O)[C@@H](CC)N(Cc1cccc(OC)c1)C(=O)CN(c1ccc([N+](=O)[O-])cc1)S(=O)(=O)c1ccccc1. The zero-order chi connectivity index (χ0) is 30.0. The summed E-state index contributed by atoms with van der Waals surface area (Å²) >= 11 is 0. The van der Waals surface area contributed by atoms with Gasteiger partial charge in [-0.25, -0.2) is 8.42 Å². The normalized spacial score (nSPS) is 11.8. The molecule has 0 unspecified atom stereocenters. The van der Waals surface area contributed by atoms with Gasteiger partial charge in [-0.15, -0.1) is 0 Å². The zero-order valence-electron chi connectivity index (χ0n) is 23.2. The highest BCUT2D eigenvalue weighted by Gasteiger charge is 2.33. The number of nitro benzene ring substituents is 1. The van der Waals surface area contributed by atoms with Gasteiger partial charge in [-0.1, -0.05) is 44.2 Å². The average molecular weight is 583 g/mol. The van der Waals surface area contributed by atoms with Crippen LogP contribution in [0.3, 0.4) is 0 Å². The number of carbonyl (C=O) groups is 2. The van der Waals surface area contributed by atoms with Gasteiger partial charge in [0.05, 0.1) is 22.6 Å². The fourth-order valence-electron chi connectivity index (χ4n) is 4.24. The van der Waals surface area contributed by atoms with Crippen molar-refractivity contribution in [2.24, 2.45) is 0 Å². The lowest BCUT2D eigenvalue weighted by Crippen LogP contribution is -2.52. The van der Waals surface area contributed by atoms with E-state index in [2.05, 4.69) is 5.32 Å². The number of non-ortho nitro benzene ring substituents is 1. The molecule has 0 radical (unpaired) electrons. The molecule has 0 spiro atoms. The Labute approximate surface area is 239 Å². The molecule has 0 bridgehead atoms. The van der Waals surface area contributed by atoms with Gasteiger partial charge in [-0.3, -0.25) is 24.0 Å². The predicted molar refractivity (Wildman–Crippen MR) is 155 cm³/mol. The van der Waals surface area contributed by atoms with Gasteiger partial charge < -0.3 is 15.0 Å². The Balaban J connectivity index is 2.06. The molecule has 0 aromatic heterocycles. The summed E-state index contributed by atoms with van der Waals surface area (Å²) in [6, 6.07) is 18.7. The van der Waals surface area contributed by atoms with Crippen LogP contribution in [0.25, 0.3) is 0 Å². The van der Waals surface area contributed by atoms with E-state index in [0.29, 0.717) is 24.3 Å². The summed E-state index contributed by atoms with van der Waals surface area (Å²) in [7, 11) is -2.75. The molecule has 41 heavy (non-hydrogen) atoms. The molecule has 0 aliphatic heterocycles. The number of carbonyl (C=O) groups excluding carboxylic acids is 2. The molecule has 0 heterocycles. The fraction of sp³-hybridized carbons (Fsp3) is 0.310. The second kappa shape index (κ2) is 14.3. The van der Waals surface area contributed by atoms with Crippen LogP contribution in [0.4, 0.5) is 11.4 Å². The van der Waals surface area contributed by atoms with Crippen molar-refractivity contribution in [1.29, 1.82) is 0 Å². The van der Waals surface area contributed by atoms with Gasteiger partial charge in [0.25, 0.3) is 15.7 Å². The lowest BCUT2D eigenvalue weighted by atomic mass is 10.1. The molecule has 0 fully saturated rings. The van der Waals surface area contributed by atoms with Crippen molar-refractivity contribution in [2.75, 3.05) is 24.5 Å². The quantitative estimate of drug-likeness (QED) is 0.223. The highest BCUT2D eigenvalue weighted by molar-refractivity contribution is 7.92. The maximum atomic E-state index is 14.0. The number of amides is 2. The van der Waals surface area contributed by atoms with E-state index >= 15 is 0 Å². The Morgan fingerprint density at radius 3 is 2.27 bits per heavy atom. The van der Waals surface area contributed by atoms with E-state index in [1.165, 1.54) is 48.4 Å². The van der Waals surface area contributed by atoms with E-state index in [9.17, 15) is 28.1 Å². The molecule has 0 saturated carbocycles. The van der Waals surface area contributed by atoms with Crippen molar-refractivity contribution < 1.29 is 27.7 Å². The van der Waals surface area contributed by atoms with E-state index in [4.69, 9.17) is 4.74 Å². The minimum atomic E-state index is -4.27. The molecule has 2 amide bonds. The van der Waals surface area contributed by atoms with Crippen LogP contribution in [0.2, 0.25) is 0 Å². The number of rotatable bonds is 14. The van der Waals surface area contributed by atoms with Crippen LogP contribution in [-0.4, -0.2) is 56.3 Å². The lowest BCUT2D eigenvalue weighted by molar-refractivity contribution is -0.384. The first-order chi connectivity index (χ1) is 19.6. The van der Waals surface area contributed by atoms with Crippen molar-refractivity contribution in [2.45, 2.75) is 44.2 Å². The molecular weight excluding hydrogens is 548 g/mol. The molecule has 3 rings (SSSR count). The van der Waals surface area contributed by atoms with Gasteiger partial charge in [0.1, 0.15) is 18.3 Å². The third-order valence-corrected chi connectivity index (χ3v) is 8.17. The summed E-state index contributed by atoms with van der Waals surface area (Å²) in [5, 5.41) is 14.0. The Morgan fingerprint density at radius 2 is 1.68 bits per heavy atom. The number of benzene rings is 3. The Bertz CT molecular complexity index is 1450. The van der Waals surface area contributed by atoms with Crippen LogP contribution >= 0.6 is 0 Å². The van der Waals surface area contributed by atoms with Gasteiger partial charge in [0.2, 0.25) is 11.8 Å². The topological polar surface area (TPSA) is 139 Å². The minimum absolute atomic E-state index is 0.0214. The highest BCUT2D eigenvalue weighted by Crippen LogP contribution is 2.27. The number of nitrogens with one attached hydrogen (secondary N) is 1. The van der Waals surface area contributed by atoms with Crippen LogP contribution in [0.15, 0.2) is 83.8 Å². The van der Waals surface area contributed by atoms with E-state index < -0.39 is 33.4 Å². The van der Waals surface area contributed by atoms with Crippen LogP contribution in [0, 0.1) is 10.1 Å². The smallest absolute Gasteiger partial charge is 0.269 e. The van der Waals surface area contributed by atoms with Crippen LogP contribution in [0.1, 0.15) is 32.3 Å². The molecule has 1 N–H and O–H groups in total. The number of anilines is 1. The van der Waals surface area contributed by atoms with Gasteiger partial charge in [-0.2, -0.15) is 0 Å². The maximum absolute atomic E-state index is 14.0. The number of hydrogen-bond donors (Lipinski definition) is 1. The number of nitro groups is 1. The van der Waals surface area contributed by atoms with E-state index in [1.807, 2.05) is 6.92 Å². The first-order valence-electron chi connectivity index (χ1n) is 13.1. The maximum Gasteiger partial charge on any atom is 0.269 e. The largest absolute Gasteiger partial charge is 0.497 e. The molecular formula is C29H34N4O7S. The minimum Gasteiger partial charge on any atom is -0.497 e. The van der Waals surface area contributed by atoms with Crippen LogP contribution in [-0.2, 0) is 26.2 Å². The molecule has 12 heteroatoms. The number of hydrogen-bond acceptors (Lipinski definition) is 7. The number of ether oxygens (including phenoxy) is 1. The van der Waals surface area contributed by atoms with Gasteiger partial charge in [-0.05, 0) is 54.8 Å². The molecule has 1 atom stereocenters. The lowest BCUT2D eigenvalue weighted by Gasteiger charge is -2.33. The molecule has 0 aliphatic carbocycles. The van der Waals surface area contributed by atoms with Gasteiger partial charge >= 0.3 is 0 Å². The summed E-state index contributed by atoms with van der Waals surface area (Å²) in [6.07, 6.45) is 0.990. The summed E-state index contributed by atoms with van der Waals surface area (Å²) in [5.74, 6) is -0.403. The Kier molecular flexibility index (Phi) is 10.8. The zero-order valence-corrected chi connectivity index (χ0v) is 24.0. The second-order valence-corrected chi connectivity index (χ2v) is 11.0. The Hall–Kier alpha value is -4.45. The highest BCUT2D eigenvalue weighted by atomic mass is 32.2. The molecule has 3 aromatic carbocycles. The average Bonchev–Trinajstić information content (AvgIpc) is 2.99. The van der Waals surface area contributed by atoms with Gasteiger partial charge in [0, 0.05) is 25.2 Å². The fourth-order valence-corrected chi connectivity index (χ4v) is 5.68. The number of nitrogens with zero attached hydrogens (tertiary/aromatic N) is 3. The van der Waals surface area contributed by atoms with E-state index in [1.54, 1.807) is 49.4 Å². The van der Waals surface area contributed by atoms with E-state index in [-0.39, 0.29) is 35.1 Å². The van der Waals surface area contributed by atoms with Crippen molar-refractivity contribution in [3.63, 3.8) is 0 Å². The number of sulfonamides is 1. The second-order valence-electron chi connectivity index (χ2n) is 9.19. The Morgan fingerprint density at radius 1 is 1.00 bits per heavy atom. The standard InChI is InChI=1S/C29H34N4O7S/c1-4-18-30-29(35)27(5-2)31(20-22-10-9-11-25(19-22)40-3)28(34)21-32(23-14-16-24(17-15-23)33(36)37)41(38,39)26-12-7-6-8-13-26/h6-17,19,27H,4-5,18,20-21H2,1-3H3,(H,30,35)/t27-/m1/s1. The first-order valence-corrected chi connectivity index (χ1v) is 14.6. The predicted octanol–water partition coefficient (Wildman–Crippen LogP) is 4.13. The molecule has 3 aromatic rings.